The maximum absolute atomic E-state index is 5.53. The predicted molar refractivity (Wildman–Crippen MR) is 74.9 cm³/mol. The number of rotatable bonds is 9. The van der Waals surface area contributed by atoms with Crippen LogP contribution in [0.1, 0.15) is 30.9 Å². The highest BCUT2D eigenvalue weighted by Crippen LogP contribution is 2.15. The lowest BCUT2D eigenvalue weighted by molar-refractivity contribution is 0.0453. The van der Waals surface area contributed by atoms with E-state index in [1.54, 1.807) is 0 Å². The Bertz CT molecular complexity index is 311. The minimum atomic E-state index is 0.544. The van der Waals surface area contributed by atoms with Crippen molar-refractivity contribution in [2.75, 3.05) is 33.4 Å². The number of nitrogens with one attached hydrogen (secondary N) is 1. The van der Waals surface area contributed by atoms with Crippen LogP contribution in [0, 0.1) is 0 Å². The highest BCUT2D eigenvalue weighted by atomic mass is 16.5. The Morgan fingerprint density at radius 3 is 2.39 bits per heavy atom. The van der Waals surface area contributed by atoms with Gasteiger partial charge in [-0.3, -0.25) is 0 Å². The van der Waals surface area contributed by atoms with Crippen LogP contribution in [-0.4, -0.2) is 33.4 Å². The molecule has 0 amide bonds. The van der Waals surface area contributed by atoms with Crippen LogP contribution in [0.15, 0.2) is 24.3 Å². The Hall–Kier alpha value is -0.900. The summed E-state index contributed by atoms with van der Waals surface area (Å²) in [4.78, 5) is 0. The van der Waals surface area contributed by atoms with E-state index in [9.17, 15) is 0 Å². The second-order valence-electron chi connectivity index (χ2n) is 4.45. The van der Waals surface area contributed by atoms with Crippen molar-refractivity contribution >= 4 is 0 Å². The molecule has 1 rings (SSSR count). The molecule has 0 spiro atoms. The lowest BCUT2D eigenvalue weighted by atomic mass is 10.00. The third kappa shape index (κ3) is 5.63. The van der Waals surface area contributed by atoms with E-state index in [0.29, 0.717) is 25.7 Å². The van der Waals surface area contributed by atoms with Gasteiger partial charge in [0, 0.05) is 13.2 Å². The van der Waals surface area contributed by atoms with Gasteiger partial charge in [0.2, 0.25) is 0 Å². The fourth-order valence-electron chi connectivity index (χ4n) is 1.82. The van der Waals surface area contributed by atoms with Gasteiger partial charge in [-0.2, -0.15) is 0 Å². The van der Waals surface area contributed by atoms with E-state index < -0.39 is 0 Å². The molecule has 0 saturated heterocycles. The molecule has 3 heteroatoms. The van der Waals surface area contributed by atoms with Crippen LogP contribution in [0.3, 0.4) is 0 Å². The summed E-state index contributed by atoms with van der Waals surface area (Å²) in [6.45, 7) is 7.97. The normalized spacial score (nSPS) is 12.6. The van der Waals surface area contributed by atoms with Gasteiger partial charge in [0.15, 0.2) is 0 Å². The third-order valence-electron chi connectivity index (χ3n) is 2.90. The van der Waals surface area contributed by atoms with Crippen LogP contribution in [0.5, 0.6) is 0 Å². The average molecular weight is 251 g/mol. The molecule has 3 nitrogen and oxygen atoms in total. The summed E-state index contributed by atoms with van der Waals surface area (Å²) in [6.07, 6.45) is 0. The second-order valence-corrected chi connectivity index (χ2v) is 4.45. The average Bonchev–Trinajstić information content (AvgIpc) is 2.39. The number of hydrogen-bond acceptors (Lipinski definition) is 3. The van der Waals surface area contributed by atoms with Crippen molar-refractivity contribution in [2.45, 2.75) is 26.4 Å². The Labute approximate surface area is 110 Å². The minimum absolute atomic E-state index is 0.544. The fraction of sp³-hybridized carbons (Fsp3) is 0.600. The van der Waals surface area contributed by atoms with Crippen LogP contribution >= 0.6 is 0 Å². The maximum Gasteiger partial charge on any atom is 0.0718 e. The zero-order valence-electron chi connectivity index (χ0n) is 11.7. The molecule has 0 aliphatic rings. The molecule has 0 aliphatic carbocycles. The molecule has 1 unspecified atom stereocenters. The fourth-order valence-corrected chi connectivity index (χ4v) is 1.82. The summed E-state index contributed by atoms with van der Waals surface area (Å²) < 4.78 is 10.7. The van der Waals surface area contributed by atoms with Crippen molar-refractivity contribution in [1.29, 1.82) is 0 Å². The smallest absolute Gasteiger partial charge is 0.0718 e. The van der Waals surface area contributed by atoms with Gasteiger partial charge < -0.3 is 14.8 Å². The first-order chi connectivity index (χ1) is 8.77. The lowest BCUT2D eigenvalue weighted by Gasteiger charge is -2.12. The molecule has 0 aliphatic heterocycles. The van der Waals surface area contributed by atoms with Gasteiger partial charge in [-0.25, -0.2) is 0 Å². The first-order valence-corrected chi connectivity index (χ1v) is 6.66. The molecule has 0 radical (unpaired) electrons. The number of benzene rings is 1. The molecule has 1 atom stereocenters. The van der Waals surface area contributed by atoms with Crippen LogP contribution in [0.4, 0.5) is 0 Å². The molecular weight excluding hydrogens is 226 g/mol. The van der Waals surface area contributed by atoms with E-state index >= 15 is 0 Å². The highest BCUT2D eigenvalue weighted by Gasteiger charge is 2.03. The summed E-state index contributed by atoms with van der Waals surface area (Å²) >= 11 is 0. The van der Waals surface area contributed by atoms with Gasteiger partial charge in [0.25, 0.3) is 0 Å². The number of ether oxygens (including phenoxy) is 2. The van der Waals surface area contributed by atoms with Gasteiger partial charge in [-0.05, 0) is 31.0 Å². The first kappa shape index (κ1) is 15.2. The van der Waals surface area contributed by atoms with E-state index in [4.69, 9.17) is 9.47 Å². The third-order valence-corrected chi connectivity index (χ3v) is 2.90. The minimum Gasteiger partial charge on any atom is -0.379 e. The van der Waals surface area contributed by atoms with Crippen LogP contribution in [0.25, 0.3) is 0 Å². The van der Waals surface area contributed by atoms with Gasteiger partial charge in [0.05, 0.1) is 19.8 Å². The van der Waals surface area contributed by atoms with E-state index in [0.717, 1.165) is 13.2 Å². The van der Waals surface area contributed by atoms with Crippen LogP contribution in [0.2, 0.25) is 0 Å². The van der Waals surface area contributed by atoms with E-state index in [1.165, 1.54) is 11.1 Å². The van der Waals surface area contributed by atoms with Crippen molar-refractivity contribution in [3.8, 4) is 0 Å². The SMILES string of the molecule is CCOCCOCc1ccc(C(C)CNC)cc1. The summed E-state index contributed by atoms with van der Waals surface area (Å²) in [5.74, 6) is 0.544. The zero-order valence-corrected chi connectivity index (χ0v) is 11.7. The zero-order chi connectivity index (χ0) is 13.2. The summed E-state index contributed by atoms with van der Waals surface area (Å²) in [7, 11) is 1.98. The molecule has 0 fully saturated rings. The van der Waals surface area contributed by atoms with Crippen molar-refractivity contribution in [2.24, 2.45) is 0 Å². The molecule has 0 saturated carbocycles. The van der Waals surface area contributed by atoms with Crippen LogP contribution in [-0.2, 0) is 16.1 Å². The van der Waals surface area contributed by atoms with Crippen LogP contribution < -0.4 is 5.32 Å². The molecule has 1 aromatic carbocycles. The van der Waals surface area contributed by atoms with Crippen molar-refractivity contribution < 1.29 is 9.47 Å². The highest BCUT2D eigenvalue weighted by molar-refractivity contribution is 5.24. The van der Waals surface area contributed by atoms with E-state index in [1.807, 2.05) is 14.0 Å². The predicted octanol–water partition coefficient (Wildman–Crippen LogP) is 2.56. The molecule has 0 aromatic heterocycles. The lowest BCUT2D eigenvalue weighted by Crippen LogP contribution is -2.14. The second kappa shape index (κ2) is 9.09. The number of hydrogen-bond donors (Lipinski definition) is 1. The van der Waals surface area contributed by atoms with Crippen molar-refractivity contribution in [3.63, 3.8) is 0 Å². The summed E-state index contributed by atoms with van der Waals surface area (Å²) in [5.41, 5.74) is 2.58. The summed E-state index contributed by atoms with van der Waals surface area (Å²) in [5, 5.41) is 3.20. The Balaban J connectivity index is 2.31. The topological polar surface area (TPSA) is 30.5 Å². The van der Waals surface area contributed by atoms with E-state index in [-0.39, 0.29) is 0 Å². The molecule has 0 heterocycles. The quantitative estimate of drug-likeness (QED) is 0.684. The summed E-state index contributed by atoms with van der Waals surface area (Å²) in [6, 6.07) is 8.65. The van der Waals surface area contributed by atoms with Gasteiger partial charge in [-0.1, -0.05) is 31.2 Å². The van der Waals surface area contributed by atoms with Gasteiger partial charge >= 0.3 is 0 Å². The standard InChI is InChI=1S/C15H25NO2/c1-4-17-9-10-18-12-14-5-7-15(8-6-14)13(2)11-16-3/h5-8,13,16H,4,9-12H2,1-3H3. The number of likely N-dealkylation sites (N-methyl/N-ethyl adjacent to an activating group) is 1. The Morgan fingerprint density at radius 2 is 1.78 bits per heavy atom. The monoisotopic (exact) mass is 251 g/mol. The molecule has 0 bridgehead atoms. The molecule has 102 valence electrons. The van der Waals surface area contributed by atoms with Gasteiger partial charge in [-0.15, -0.1) is 0 Å². The molecular formula is C15H25NO2. The van der Waals surface area contributed by atoms with E-state index in [2.05, 4.69) is 36.5 Å². The Kier molecular flexibility index (Phi) is 7.65. The van der Waals surface area contributed by atoms with Gasteiger partial charge in [0.1, 0.15) is 0 Å². The van der Waals surface area contributed by atoms with Crippen molar-refractivity contribution in [1.82, 2.24) is 5.32 Å². The Morgan fingerprint density at radius 1 is 1.11 bits per heavy atom. The first-order valence-electron chi connectivity index (χ1n) is 6.66. The molecule has 18 heavy (non-hydrogen) atoms. The maximum atomic E-state index is 5.53. The molecule has 1 N–H and O–H groups in total. The van der Waals surface area contributed by atoms with Crippen molar-refractivity contribution in [3.05, 3.63) is 35.4 Å². The largest absolute Gasteiger partial charge is 0.379 e. The molecule has 1 aromatic rings.